The Morgan fingerprint density at radius 3 is 2.90 bits per heavy atom. The van der Waals surface area contributed by atoms with E-state index < -0.39 is 0 Å². The average Bonchev–Trinajstić information content (AvgIpc) is 2.81. The van der Waals surface area contributed by atoms with Gasteiger partial charge in [0.25, 0.3) is 5.56 Å². The molecule has 3 aromatic rings. The lowest BCUT2D eigenvalue weighted by Crippen LogP contribution is -2.20. The summed E-state index contributed by atoms with van der Waals surface area (Å²) in [5.41, 5.74) is 1.77. The summed E-state index contributed by atoms with van der Waals surface area (Å²) in [6, 6.07) is 3.91. The van der Waals surface area contributed by atoms with Crippen LogP contribution in [0.1, 0.15) is 0 Å². The Bertz CT molecular complexity index is 852. The first-order chi connectivity index (χ1) is 9.56. The largest absolute Gasteiger partial charge is 0.352 e. The second-order valence-corrected chi connectivity index (χ2v) is 4.87. The number of aryl methyl sites for hydroxylation is 2. The molecule has 0 aromatic carbocycles. The van der Waals surface area contributed by atoms with Crippen LogP contribution in [0.25, 0.3) is 11.0 Å². The molecule has 3 aromatic heterocycles. The Morgan fingerprint density at radius 2 is 2.10 bits per heavy atom. The van der Waals surface area contributed by atoms with Gasteiger partial charge < -0.3 is 9.88 Å². The molecule has 1 N–H and O–H groups in total. The number of aromatic nitrogens is 4. The molecule has 0 amide bonds. The second kappa shape index (κ2) is 4.64. The van der Waals surface area contributed by atoms with Crippen LogP contribution in [0, 0.1) is 0 Å². The monoisotopic (exact) mass is 289 g/mol. The minimum atomic E-state index is -0.342. The molecule has 6 nitrogen and oxygen atoms in total. The maximum Gasteiger partial charge on any atom is 0.287 e. The molecule has 0 aliphatic rings. The van der Waals surface area contributed by atoms with E-state index in [0.717, 1.165) is 16.7 Å². The van der Waals surface area contributed by atoms with Crippen molar-refractivity contribution < 1.29 is 0 Å². The van der Waals surface area contributed by atoms with Crippen LogP contribution in [-0.4, -0.2) is 19.3 Å². The summed E-state index contributed by atoms with van der Waals surface area (Å²) in [6.07, 6.45) is 5.14. The summed E-state index contributed by atoms with van der Waals surface area (Å²) in [7, 11) is 3.49. The average molecular weight is 290 g/mol. The number of anilines is 2. The van der Waals surface area contributed by atoms with Crippen molar-refractivity contribution in [3.63, 3.8) is 0 Å². The fourth-order valence-electron chi connectivity index (χ4n) is 1.98. The Hall–Kier alpha value is -2.34. The van der Waals surface area contributed by atoms with Crippen molar-refractivity contribution in [1.29, 1.82) is 0 Å². The maximum atomic E-state index is 11.7. The first kappa shape index (κ1) is 12.7. The van der Waals surface area contributed by atoms with E-state index >= 15 is 0 Å². The quantitative estimate of drug-likeness (QED) is 0.784. The van der Waals surface area contributed by atoms with Gasteiger partial charge in [-0.05, 0) is 12.1 Å². The molecule has 0 saturated heterocycles. The van der Waals surface area contributed by atoms with Gasteiger partial charge in [-0.2, -0.15) is 5.10 Å². The van der Waals surface area contributed by atoms with Gasteiger partial charge in [-0.15, -0.1) is 0 Å². The number of nitrogens with one attached hydrogen (secondary N) is 1. The summed E-state index contributed by atoms with van der Waals surface area (Å²) >= 11 is 6.01. The van der Waals surface area contributed by atoms with Gasteiger partial charge >= 0.3 is 0 Å². The van der Waals surface area contributed by atoms with Gasteiger partial charge in [-0.3, -0.25) is 4.79 Å². The van der Waals surface area contributed by atoms with Crippen LogP contribution in [0.3, 0.4) is 0 Å². The fourth-order valence-corrected chi connectivity index (χ4v) is 2.19. The number of fused-ring (bicyclic) bond motifs is 1. The Kier molecular flexibility index (Phi) is 2.94. The zero-order valence-electron chi connectivity index (χ0n) is 11.0. The lowest BCUT2D eigenvalue weighted by molar-refractivity contribution is 0.709. The third kappa shape index (κ3) is 2.04. The Balaban J connectivity index is 2.01. The van der Waals surface area contributed by atoms with Crippen LogP contribution in [0.5, 0.6) is 0 Å². The predicted molar refractivity (Wildman–Crippen MR) is 78.5 cm³/mol. The first-order valence-electron chi connectivity index (χ1n) is 5.96. The molecule has 0 aliphatic heterocycles. The maximum absolute atomic E-state index is 11.7. The van der Waals surface area contributed by atoms with Crippen LogP contribution >= 0.6 is 11.6 Å². The van der Waals surface area contributed by atoms with E-state index in [1.807, 2.05) is 29.9 Å². The van der Waals surface area contributed by atoms with Crippen LogP contribution in [0.2, 0.25) is 5.02 Å². The molecule has 0 atom stereocenters. The van der Waals surface area contributed by atoms with Crippen LogP contribution < -0.4 is 10.9 Å². The standard InChI is InChI=1S/C13H12ClN5O/c1-18-4-3-8-5-9(6-15-12(8)18)17-10-7-16-19(2)13(20)11(10)14/h3-7,17H,1-2H3. The molecular formula is C13H12ClN5O. The summed E-state index contributed by atoms with van der Waals surface area (Å²) in [6.45, 7) is 0. The minimum absolute atomic E-state index is 0.107. The van der Waals surface area contributed by atoms with E-state index in [2.05, 4.69) is 15.4 Å². The van der Waals surface area contributed by atoms with E-state index in [9.17, 15) is 4.79 Å². The highest BCUT2D eigenvalue weighted by atomic mass is 35.5. The van der Waals surface area contributed by atoms with Crippen molar-refractivity contribution in [3.05, 3.63) is 46.1 Å². The number of nitrogens with zero attached hydrogens (tertiary/aromatic N) is 4. The fraction of sp³-hybridized carbons (Fsp3) is 0.154. The lowest BCUT2D eigenvalue weighted by Gasteiger charge is -2.08. The van der Waals surface area contributed by atoms with E-state index in [4.69, 9.17) is 11.6 Å². The summed E-state index contributed by atoms with van der Waals surface area (Å²) < 4.78 is 3.12. The molecule has 3 rings (SSSR count). The van der Waals surface area contributed by atoms with Gasteiger partial charge in [-0.25, -0.2) is 9.67 Å². The molecule has 0 unspecified atom stereocenters. The van der Waals surface area contributed by atoms with Gasteiger partial charge in [0.2, 0.25) is 0 Å². The van der Waals surface area contributed by atoms with E-state index in [0.29, 0.717) is 5.69 Å². The highest BCUT2D eigenvalue weighted by Crippen LogP contribution is 2.23. The molecule has 0 fully saturated rings. The highest BCUT2D eigenvalue weighted by molar-refractivity contribution is 6.33. The van der Waals surface area contributed by atoms with Crippen molar-refractivity contribution in [2.45, 2.75) is 0 Å². The van der Waals surface area contributed by atoms with Gasteiger partial charge in [0, 0.05) is 25.7 Å². The van der Waals surface area contributed by atoms with Crippen molar-refractivity contribution in [1.82, 2.24) is 19.3 Å². The molecule has 3 heterocycles. The van der Waals surface area contributed by atoms with Crippen molar-refractivity contribution in [3.8, 4) is 0 Å². The van der Waals surface area contributed by atoms with Gasteiger partial charge in [0.05, 0.1) is 23.8 Å². The number of rotatable bonds is 2. The van der Waals surface area contributed by atoms with Crippen molar-refractivity contribution in [2.75, 3.05) is 5.32 Å². The molecule has 0 bridgehead atoms. The molecule has 0 saturated carbocycles. The third-order valence-electron chi connectivity index (χ3n) is 3.06. The highest BCUT2D eigenvalue weighted by Gasteiger charge is 2.08. The zero-order valence-corrected chi connectivity index (χ0v) is 11.7. The zero-order chi connectivity index (χ0) is 14.3. The minimum Gasteiger partial charge on any atom is -0.352 e. The topological polar surface area (TPSA) is 64.7 Å². The normalized spacial score (nSPS) is 10.9. The van der Waals surface area contributed by atoms with Crippen LogP contribution in [-0.2, 0) is 14.1 Å². The molecule has 20 heavy (non-hydrogen) atoms. The molecular weight excluding hydrogens is 278 g/mol. The molecule has 0 spiro atoms. The Morgan fingerprint density at radius 1 is 1.30 bits per heavy atom. The van der Waals surface area contributed by atoms with Crippen LogP contribution in [0.4, 0.5) is 11.4 Å². The second-order valence-electron chi connectivity index (χ2n) is 4.49. The van der Waals surface area contributed by atoms with Gasteiger partial charge in [-0.1, -0.05) is 11.6 Å². The number of halogens is 1. The summed E-state index contributed by atoms with van der Waals surface area (Å²) in [5.74, 6) is 0. The predicted octanol–water partition coefficient (Wildman–Crippen LogP) is 2.06. The van der Waals surface area contributed by atoms with Crippen LogP contribution in [0.15, 0.2) is 35.5 Å². The molecule has 7 heteroatoms. The van der Waals surface area contributed by atoms with E-state index in [1.165, 1.54) is 10.9 Å². The number of hydrogen-bond donors (Lipinski definition) is 1. The van der Waals surface area contributed by atoms with E-state index in [1.54, 1.807) is 13.2 Å². The smallest absolute Gasteiger partial charge is 0.287 e. The SMILES string of the molecule is Cn1ncc(Nc2cnc3c(ccn3C)c2)c(Cl)c1=O. The van der Waals surface area contributed by atoms with E-state index in [-0.39, 0.29) is 10.6 Å². The Labute approximate surface area is 119 Å². The lowest BCUT2D eigenvalue weighted by atomic mass is 10.3. The summed E-state index contributed by atoms with van der Waals surface area (Å²) in [5, 5.41) is 8.11. The van der Waals surface area contributed by atoms with Gasteiger partial charge in [0.1, 0.15) is 10.7 Å². The number of pyridine rings is 1. The molecule has 102 valence electrons. The van der Waals surface area contributed by atoms with Crippen molar-refractivity contribution in [2.24, 2.45) is 14.1 Å². The first-order valence-corrected chi connectivity index (χ1v) is 6.34. The van der Waals surface area contributed by atoms with Gasteiger partial charge in [0.15, 0.2) is 0 Å². The van der Waals surface area contributed by atoms with Crippen molar-refractivity contribution >= 4 is 34.0 Å². The summed E-state index contributed by atoms with van der Waals surface area (Å²) in [4.78, 5) is 16.1. The third-order valence-corrected chi connectivity index (χ3v) is 3.43. The molecule has 0 radical (unpaired) electrons. The molecule has 0 aliphatic carbocycles. The number of hydrogen-bond acceptors (Lipinski definition) is 4.